The summed E-state index contributed by atoms with van der Waals surface area (Å²) in [5.74, 6) is 1.34. The van der Waals surface area contributed by atoms with E-state index in [1.165, 1.54) is 16.7 Å². The highest BCUT2D eigenvalue weighted by Crippen LogP contribution is 2.27. The van der Waals surface area contributed by atoms with Crippen molar-refractivity contribution in [3.63, 3.8) is 0 Å². The zero-order chi connectivity index (χ0) is 19.2. The number of rotatable bonds is 7. The summed E-state index contributed by atoms with van der Waals surface area (Å²) in [6.07, 6.45) is 0. The van der Waals surface area contributed by atoms with Crippen molar-refractivity contribution in [1.82, 2.24) is 9.97 Å². The maximum absolute atomic E-state index is 5.13. The summed E-state index contributed by atoms with van der Waals surface area (Å²) in [5.41, 5.74) is 6.57. The molecule has 0 aliphatic carbocycles. The summed E-state index contributed by atoms with van der Waals surface area (Å²) in [7, 11) is 1.69. The van der Waals surface area contributed by atoms with E-state index >= 15 is 0 Å². The standard InChI is InChI=1S/C22H26N4O/c1-15-12-16(2)21(17(3)13-15)26-22-24-19(18-8-6-5-7-9-18)14-20(25-22)23-10-11-27-4/h5-9,12-14H,10-11H2,1-4H3,(H2,23,24,25,26). The number of aromatic nitrogens is 2. The van der Waals surface area contributed by atoms with Crippen LogP contribution >= 0.6 is 0 Å². The van der Waals surface area contributed by atoms with E-state index in [1.807, 2.05) is 36.4 Å². The van der Waals surface area contributed by atoms with E-state index in [4.69, 9.17) is 9.72 Å². The number of ether oxygens (including phenoxy) is 1. The van der Waals surface area contributed by atoms with Crippen molar-refractivity contribution in [2.45, 2.75) is 20.8 Å². The monoisotopic (exact) mass is 362 g/mol. The van der Waals surface area contributed by atoms with Crippen LogP contribution in [0.2, 0.25) is 0 Å². The second kappa shape index (κ2) is 8.64. The molecule has 1 heterocycles. The van der Waals surface area contributed by atoms with Crippen molar-refractivity contribution < 1.29 is 4.74 Å². The van der Waals surface area contributed by atoms with Crippen LogP contribution in [0.15, 0.2) is 48.5 Å². The molecule has 27 heavy (non-hydrogen) atoms. The smallest absolute Gasteiger partial charge is 0.229 e. The van der Waals surface area contributed by atoms with Crippen molar-refractivity contribution in [2.24, 2.45) is 0 Å². The fourth-order valence-electron chi connectivity index (χ4n) is 3.12. The minimum atomic E-state index is 0.575. The topological polar surface area (TPSA) is 59.1 Å². The quantitative estimate of drug-likeness (QED) is 0.587. The average Bonchev–Trinajstić information content (AvgIpc) is 2.65. The Morgan fingerprint density at radius 2 is 1.63 bits per heavy atom. The fourth-order valence-corrected chi connectivity index (χ4v) is 3.12. The fraction of sp³-hybridized carbons (Fsp3) is 0.273. The maximum Gasteiger partial charge on any atom is 0.229 e. The summed E-state index contributed by atoms with van der Waals surface area (Å²) in [5, 5.41) is 6.72. The van der Waals surface area contributed by atoms with Crippen molar-refractivity contribution in [1.29, 1.82) is 0 Å². The number of hydrogen-bond acceptors (Lipinski definition) is 5. The van der Waals surface area contributed by atoms with Gasteiger partial charge in [-0.2, -0.15) is 4.98 Å². The van der Waals surface area contributed by atoms with Crippen LogP contribution in [0.1, 0.15) is 16.7 Å². The van der Waals surface area contributed by atoms with Gasteiger partial charge in [0, 0.05) is 31.0 Å². The molecular formula is C22H26N4O. The van der Waals surface area contributed by atoms with Crippen LogP contribution < -0.4 is 10.6 Å². The van der Waals surface area contributed by atoms with Gasteiger partial charge in [-0.1, -0.05) is 48.0 Å². The first kappa shape index (κ1) is 18.9. The molecule has 2 N–H and O–H groups in total. The van der Waals surface area contributed by atoms with Crippen molar-refractivity contribution in [3.8, 4) is 11.3 Å². The Kier molecular flexibility index (Phi) is 6.04. The first-order valence-corrected chi connectivity index (χ1v) is 9.09. The lowest BCUT2D eigenvalue weighted by molar-refractivity contribution is 0.210. The summed E-state index contributed by atoms with van der Waals surface area (Å²) in [4.78, 5) is 9.38. The van der Waals surface area contributed by atoms with E-state index in [-0.39, 0.29) is 0 Å². The molecule has 0 atom stereocenters. The SMILES string of the molecule is COCCNc1cc(-c2ccccc2)nc(Nc2c(C)cc(C)cc2C)n1. The summed E-state index contributed by atoms with van der Waals surface area (Å²) < 4.78 is 5.13. The van der Waals surface area contributed by atoms with E-state index in [1.54, 1.807) is 7.11 Å². The second-order valence-electron chi connectivity index (χ2n) is 6.65. The van der Waals surface area contributed by atoms with E-state index in [2.05, 4.69) is 48.5 Å². The average molecular weight is 362 g/mol. The van der Waals surface area contributed by atoms with Gasteiger partial charge in [-0.05, 0) is 31.9 Å². The van der Waals surface area contributed by atoms with Gasteiger partial charge in [0.05, 0.1) is 12.3 Å². The maximum atomic E-state index is 5.13. The molecule has 0 fully saturated rings. The lowest BCUT2D eigenvalue weighted by atomic mass is 10.1. The number of nitrogens with one attached hydrogen (secondary N) is 2. The summed E-state index contributed by atoms with van der Waals surface area (Å²) >= 11 is 0. The molecule has 0 bridgehead atoms. The number of methoxy groups -OCH3 is 1. The molecule has 0 amide bonds. The van der Waals surface area contributed by atoms with Crippen LogP contribution in [0.3, 0.4) is 0 Å². The largest absolute Gasteiger partial charge is 0.383 e. The van der Waals surface area contributed by atoms with Gasteiger partial charge in [0.2, 0.25) is 5.95 Å². The molecule has 0 aliphatic heterocycles. The van der Waals surface area contributed by atoms with Gasteiger partial charge < -0.3 is 15.4 Å². The lowest BCUT2D eigenvalue weighted by Gasteiger charge is -2.15. The summed E-state index contributed by atoms with van der Waals surface area (Å²) in [6, 6.07) is 16.4. The molecule has 0 saturated carbocycles. The van der Waals surface area contributed by atoms with Gasteiger partial charge in [-0.3, -0.25) is 0 Å². The Balaban J connectivity index is 1.97. The Morgan fingerprint density at radius 3 is 2.30 bits per heavy atom. The number of anilines is 3. The first-order valence-electron chi connectivity index (χ1n) is 9.09. The summed E-state index contributed by atoms with van der Waals surface area (Å²) in [6.45, 7) is 7.60. The molecule has 0 aliphatic rings. The first-order chi connectivity index (χ1) is 13.1. The van der Waals surface area contributed by atoms with Crippen LogP contribution in [0.5, 0.6) is 0 Å². The van der Waals surface area contributed by atoms with Crippen LogP contribution in [0, 0.1) is 20.8 Å². The highest BCUT2D eigenvalue weighted by Gasteiger charge is 2.10. The molecule has 0 spiro atoms. The molecule has 3 rings (SSSR count). The number of aryl methyl sites for hydroxylation is 3. The predicted molar refractivity (Wildman–Crippen MR) is 112 cm³/mol. The minimum absolute atomic E-state index is 0.575. The Morgan fingerprint density at radius 1 is 0.926 bits per heavy atom. The third-order valence-corrected chi connectivity index (χ3v) is 4.32. The van der Waals surface area contributed by atoms with Gasteiger partial charge in [-0.15, -0.1) is 0 Å². The second-order valence-corrected chi connectivity index (χ2v) is 6.65. The van der Waals surface area contributed by atoms with Crippen LogP contribution in [0.25, 0.3) is 11.3 Å². The molecule has 140 valence electrons. The minimum Gasteiger partial charge on any atom is -0.383 e. The highest BCUT2D eigenvalue weighted by molar-refractivity contribution is 5.68. The van der Waals surface area contributed by atoms with Gasteiger partial charge in [0.25, 0.3) is 0 Å². The van der Waals surface area contributed by atoms with Crippen LogP contribution in [-0.2, 0) is 4.74 Å². The van der Waals surface area contributed by atoms with Gasteiger partial charge >= 0.3 is 0 Å². The van der Waals surface area contributed by atoms with Crippen molar-refractivity contribution >= 4 is 17.5 Å². The van der Waals surface area contributed by atoms with E-state index in [9.17, 15) is 0 Å². The number of nitrogens with zero attached hydrogens (tertiary/aromatic N) is 2. The zero-order valence-electron chi connectivity index (χ0n) is 16.3. The van der Waals surface area contributed by atoms with Crippen LogP contribution in [0.4, 0.5) is 17.5 Å². The molecule has 2 aromatic carbocycles. The molecule has 1 aromatic heterocycles. The van der Waals surface area contributed by atoms with Crippen molar-refractivity contribution in [3.05, 3.63) is 65.2 Å². The van der Waals surface area contributed by atoms with E-state index in [0.29, 0.717) is 19.1 Å². The van der Waals surface area contributed by atoms with E-state index < -0.39 is 0 Å². The molecular weight excluding hydrogens is 336 g/mol. The molecule has 0 saturated heterocycles. The Hall–Kier alpha value is -2.92. The molecule has 0 unspecified atom stereocenters. The third-order valence-electron chi connectivity index (χ3n) is 4.32. The van der Waals surface area contributed by atoms with E-state index in [0.717, 1.165) is 22.8 Å². The molecule has 5 heteroatoms. The lowest BCUT2D eigenvalue weighted by Crippen LogP contribution is -2.11. The van der Waals surface area contributed by atoms with Gasteiger partial charge in [-0.25, -0.2) is 4.98 Å². The van der Waals surface area contributed by atoms with Gasteiger partial charge in [0.1, 0.15) is 5.82 Å². The normalized spacial score (nSPS) is 10.7. The Labute approximate surface area is 160 Å². The molecule has 5 nitrogen and oxygen atoms in total. The Bertz CT molecular complexity index is 886. The predicted octanol–water partition coefficient (Wildman–Crippen LogP) is 4.87. The van der Waals surface area contributed by atoms with Crippen molar-refractivity contribution in [2.75, 3.05) is 30.9 Å². The number of benzene rings is 2. The zero-order valence-corrected chi connectivity index (χ0v) is 16.3. The highest BCUT2D eigenvalue weighted by atomic mass is 16.5. The molecule has 3 aromatic rings. The van der Waals surface area contributed by atoms with Crippen LogP contribution in [-0.4, -0.2) is 30.2 Å². The third kappa shape index (κ3) is 4.83. The van der Waals surface area contributed by atoms with Gasteiger partial charge in [0.15, 0.2) is 0 Å². The number of hydrogen-bond donors (Lipinski definition) is 2. The molecule has 0 radical (unpaired) electrons.